The predicted octanol–water partition coefficient (Wildman–Crippen LogP) is 3.09. The molecule has 27 heavy (non-hydrogen) atoms. The van der Waals surface area contributed by atoms with Crippen molar-refractivity contribution in [3.63, 3.8) is 0 Å². The van der Waals surface area contributed by atoms with Gasteiger partial charge in [-0.25, -0.2) is 4.98 Å². The molecule has 1 saturated heterocycles. The van der Waals surface area contributed by atoms with Crippen LogP contribution in [-0.2, 0) is 0 Å². The first-order chi connectivity index (χ1) is 13.2. The van der Waals surface area contributed by atoms with E-state index in [1.165, 1.54) is 12.0 Å². The number of piperazine rings is 1. The van der Waals surface area contributed by atoms with E-state index in [9.17, 15) is 4.79 Å². The van der Waals surface area contributed by atoms with Crippen LogP contribution in [-0.4, -0.2) is 48.1 Å². The van der Waals surface area contributed by atoms with Gasteiger partial charge in [-0.2, -0.15) is 0 Å². The van der Waals surface area contributed by atoms with Crippen LogP contribution in [0.4, 0.5) is 5.69 Å². The second kappa shape index (κ2) is 6.25. The van der Waals surface area contributed by atoms with Crippen molar-refractivity contribution in [1.29, 1.82) is 0 Å². The van der Waals surface area contributed by atoms with Crippen LogP contribution in [0, 0.1) is 0 Å². The predicted molar refractivity (Wildman–Crippen MR) is 107 cm³/mol. The fraction of sp³-hybridized carbons (Fsp3) is 0.238. The molecule has 6 heteroatoms. The lowest BCUT2D eigenvalue weighted by molar-refractivity contribution is 0.313. The molecule has 0 atom stereocenters. The molecule has 1 fully saturated rings. The molecule has 1 N–H and O–H groups in total. The Bertz CT molecular complexity index is 1190. The Hall–Kier alpha value is -3.12. The molecular formula is C21H20N4O2. The molecule has 4 aromatic rings. The second-order valence-corrected chi connectivity index (χ2v) is 7.05. The zero-order chi connectivity index (χ0) is 18.4. The first kappa shape index (κ1) is 16.1. The van der Waals surface area contributed by atoms with Crippen LogP contribution in [0.15, 0.2) is 57.9 Å². The minimum Gasteiger partial charge on any atom is -0.463 e. The summed E-state index contributed by atoms with van der Waals surface area (Å²) in [6, 6.07) is 13.5. The highest BCUT2D eigenvalue weighted by Gasteiger charge is 2.16. The highest BCUT2D eigenvalue weighted by Crippen LogP contribution is 2.25. The number of nitrogens with one attached hydrogen (secondary N) is 1. The summed E-state index contributed by atoms with van der Waals surface area (Å²) < 4.78 is 5.63. The Kier molecular flexibility index (Phi) is 3.72. The molecule has 136 valence electrons. The molecule has 3 heterocycles. The van der Waals surface area contributed by atoms with E-state index in [-0.39, 0.29) is 5.43 Å². The van der Waals surface area contributed by atoms with Crippen molar-refractivity contribution in [2.75, 3.05) is 38.1 Å². The molecule has 6 nitrogen and oxygen atoms in total. The van der Waals surface area contributed by atoms with E-state index in [2.05, 4.69) is 38.9 Å². The van der Waals surface area contributed by atoms with Crippen molar-refractivity contribution in [2.45, 2.75) is 0 Å². The summed E-state index contributed by atoms with van der Waals surface area (Å²) in [5, 5.41) is 0.564. The monoisotopic (exact) mass is 360 g/mol. The zero-order valence-electron chi connectivity index (χ0n) is 15.1. The Morgan fingerprint density at radius 2 is 1.89 bits per heavy atom. The van der Waals surface area contributed by atoms with Gasteiger partial charge in [0.1, 0.15) is 23.2 Å². The van der Waals surface area contributed by atoms with Crippen LogP contribution in [0.2, 0.25) is 0 Å². The quantitative estimate of drug-likeness (QED) is 0.595. The number of fused-ring (bicyclic) bond motifs is 2. The average molecular weight is 360 g/mol. The van der Waals surface area contributed by atoms with Crippen molar-refractivity contribution in [3.05, 3.63) is 59.0 Å². The maximum absolute atomic E-state index is 12.8. The maximum Gasteiger partial charge on any atom is 0.203 e. The lowest BCUT2D eigenvalue weighted by Gasteiger charge is -2.34. The van der Waals surface area contributed by atoms with Crippen molar-refractivity contribution in [3.8, 4) is 11.4 Å². The molecule has 0 unspecified atom stereocenters. The van der Waals surface area contributed by atoms with Gasteiger partial charge in [0, 0.05) is 31.9 Å². The minimum atomic E-state index is -0.0739. The number of imidazole rings is 1. The summed E-state index contributed by atoms with van der Waals surface area (Å²) in [6.07, 6.45) is 1.49. The summed E-state index contributed by atoms with van der Waals surface area (Å²) in [5.74, 6) is 0.542. The first-order valence-electron chi connectivity index (χ1n) is 9.13. The summed E-state index contributed by atoms with van der Waals surface area (Å²) in [7, 11) is 2.15. The van der Waals surface area contributed by atoms with E-state index in [1.54, 1.807) is 12.1 Å². The third-order valence-electron chi connectivity index (χ3n) is 5.27. The number of H-pyrrole nitrogens is 1. The number of aromatic amines is 1. The third-order valence-corrected chi connectivity index (χ3v) is 5.27. The fourth-order valence-electron chi connectivity index (χ4n) is 3.63. The Balaban J connectivity index is 1.55. The summed E-state index contributed by atoms with van der Waals surface area (Å²) in [6.45, 7) is 4.14. The van der Waals surface area contributed by atoms with Gasteiger partial charge in [0.25, 0.3) is 0 Å². The van der Waals surface area contributed by atoms with E-state index < -0.39 is 0 Å². The van der Waals surface area contributed by atoms with E-state index in [1.807, 2.05) is 18.2 Å². The molecule has 0 spiro atoms. The van der Waals surface area contributed by atoms with Crippen molar-refractivity contribution in [2.24, 2.45) is 0 Å². The zero-order valence-corrected chi connectivity index (χ0v) is 15.1. The van der Waals surface area contributed by atoms with E-state index in [0.29, 0.717) is 22.4 Å². The van der Waals surface area contributed by atoms with Crippen LogP contribution in [0.25, 0.3) is 33.4 Å². The number of hydrogen-bond donors (Lipinski definition) is 1. The molecule has 2 aromatic heterocycles. The van der Waals surface area contributed by atoms with Gasteiger partial charge in [-0.05, 0) is 37.4 Å². The van der Waals surface area contributed by atoms with Crippen LogP contribution in [0.5, 0.6) is 0 Å². The van der Waals surface area contributed by atoms with Crippen molar-refractivity contribution in [1.82, 2.24) is 14.9 Å². The molecular weight excluding hydrogens is 340 g/mol. The number of aromatic nitrogens is 2. The Morgan fingerprint density at radius 1 is 1.07 bits per heavy atom. The van der Waals surface area contributed by atoms with Gasteiger partial charge in [0.2, 0.25) is 5.43 Å². The normalized spacial score (nSPS) is 15.7. The number of hydrogen-bond acceptors (Lipinski definition) is 5. The SMILES string of the molecule is CN1CCN(c2ccc3nc(-c4coc5ccccc5c4=O)[nH]c3c2)CC1. The Morgan fingerprint density at radius 3 is 2.74 bits per heavy atom. The third kappa shape index (κ3) is 2.78. The largest absolute Gasteiger partial charge is 0.463 e. The van der Waals surface area contributed by atoms with Gasteiger partial charge in [-0.1, -0.05) is 12.1 Å². The number of nitrogens with zero attached hydrogens (tertiary/aromatic N) is 3. The molecule has 1 aliphatic heterocycles. The molecule has 2 aromatic carbocycles. The summed E-state index contributed by atoms with van der Waals surface area (Å²) >= 11 is 0. The second-order valence-electron chi connectivity index (χ2n) is 7.05. The molecule has 0 saturated carbocycles. The standard InChI is InChI=1S/C21H20N4O2/c1-24-8-10-25(11-9-24)14-6-7-17-18(12-14)23-21(22-17)16-13-27-19-5-3-2-4-15(19)20(16)26/h2-7,12-13H,8-11H2,1H3,(H,22,23). The average Bonchev–Trinajstić information content (AvgIpc) is 3.12. The summed E-state index contributed by atoms with van der Waals surface area (Å²) in [4.78, 5) is 25.4. The van der Waals surface area contributed by atoms with Crippen LogP contribution < -0.4 is 10.3 Å². The number of benzene rings is 2. The molecule has 0 aliphatic carbocycles. The first-order valence-corrected chi connectivity index (χ1v) is 9.13. The number of anilines is 1. The number of likely N-dealkylation sites (N-methyl/N-ethyl adjacent to an activating group) is 1. The molecule has 0 bridgehead atoms. The smallest absolute Gasteiger partial charge is 0.203 e. The molecule has 1 aliphatic rings. The number of rotatable bonds is 2. The maximum atomic E-state index is 12.8. The van der Waals surface area contributed by atoms with Crippen LogP contribution >= 0.6 is 0 Å². The highest BCUT2D eigenvalue weighted by molar-refractivity contribution is 5.85. The van der Waals surface area contributed by atoms with Gasteiger partial charge in [0.15, 0.2) is 0 Å². The Labute approximate surface area is 156 Å². The van der Waals surface area contributed by atoms with Crippen LogP contribution in [0.1, 0.15) is 0 Å². The molecule has 5 rings (SSSR count). The fourth-order valence-corrected chi connectivity index (χ4v) is 3.63. The van der Waals surface area contributed by atoms with Gasteiger partial charge in [-0.15, -0.1) is 0 Å². The molecule has 0 amide bonds. The van der Waals surface area contributed by atoms with Crippen molar-refractivity contribution >= 4 is 27.7 Å². The summed E-state index contributed by atoms with van der Waals surface area (Å²) in [5.41, 5.74) is 3.90. The van der Waals surface area contributed by atoms with E-state index >= 15 is 0 Å². The lowest BCUT2D eigenvalue weighted by Crippen LogP contribution is -2.44. The van der Waals surface area contributed by atoms with Crippen LogP contribution in [0.3, 0.4) is 0 Å². The molecule has 0 radical (unpaired) electrons. The van der Waals surface area contributed by atoms with Gasteiger partial charge in [0.05, 0.1) is 16.4 Å². The van der Waals surface area contributed by atoms with Gasteiger partial charge < -0.3 is 19.2 Å². The van der Waals surface area contributed by atoms with Crippen molar-refractivity contribution < 1.29 is 4.42 Å². The topological polar surface area (TPSA) is 65.4 Å². The van der Waals surface area contributed by atoms with Gasteiger partial charge in [-0.3, -0.25) is 4.79 Å². The van der Waals surface area contributed by atoms with E-state index in [0.717, 1.165) is 37.2 Å². The highest BCUT2D eigenvalue weighted by atomic mass is 16.3. The lowest BCUT2D eigenvalue weighted by atomic mass is 10.1. The number of para-hydroxylation sites is 1. The minimum absolute atomic E-state index is 0.0739. The van der Waals surface area contributed by atoms with E-state index in [4.69, 9.17) is 4.42 Å². The van der Waals surface area contributed by atoms with Gasteiger partial charge >= 0.3 is 0 Å².